The van der Waals surface area contributed by atoms with Crippen molar-refractivity contribution in [1.82, 2.24) is 15.5 Å². The summed E-state index contributed by atoms with van der Waals surface area (Å²) in [4.78, 5) is 12.0. The van der Waals surface area contributed by atoms with Crippen molar-refractivity contribution < 1.29 is 4.79 Å². The molecule has 2 rings (SSSR count). The lowest BCUT2D eigenvalue weighted by Gasteiger charge is -2.20. The highest BCUT2D eigenvalue weighted by atomic mass is 16.1. The van der Waals surface area contributed by atoms with Crippen molar-refractivity contribution in [3.63, 3.8) is 0 Å². The van der Waals surface area contributed by atoms with Crippen LogP contribution in [-0.2, 0) is 0 Å². The fraction of sp³-hybridized carbons (Fsp3) is 0.667. The molecule has 1 aromatic rings. The molecule has 1 heterocycles. The molecule has 17 heavy (non-hydrogen) atoms. The molecule has 3 atom stereocenters. The first-order valence-corrected chi connectivity index (χ1v) is 6.23. The summed E-state index contributed by atoms with van der Waals surface area (Å²) in [5, 5.41) is 9.39. The number of H-pyrrole nitrogens is 1. The summed E-state index contributed by atoms with van der Waals surface area (Å²) in [6.45, 7) is 4.42. The largest absolute Gasteiger partial charge is 0.383 e. The van der Waals surface area contributed by atoms with Gasteiger partial charge in [0, 0.05) is 6.04 Å². The van der Waals surface area contributed by atoms with Crippen LogP contribution in [0.4, 0.5) is 5.82 Å². The van der Waals surface area contributed by atoms with Crippen LogP contribution in [0.1, 0.15) is 43.5 Å². The van der Waals surface area contributed by atoms with E-state index in [1.54, 1.807) is 0 Å². The van der Waals surface area contributed by atoms with Gasteiger partial charge in [0.05, 0.1) is 6.20 Å². The van der Waals surface area contributed by atoms with E-state index in [2.05, 4.69) is 29.4 Å². The van der Waals surface area contributed by atoms with E-state index in [1.165, 1.54) is 19.0 Å². The summed E-state index contributed by atoms with van der Waals surface area (Å²) in [5.41, 5.74) is 6.07. The summed E-state index contributed by atoms with van der Waals surface area (Å²) >= 11 is 0. The van der Waals surface area contributed by atoms with E-state index >= 15 is 0 Å². The number of hydrogen-bond donors (Lipinski definition) is 3. The summed E-state index contributed by atoms with van der Waals surface area (Å²) in [6.07, 6.45) is 4.91. The van der Waals surface area contributed by atoms with E-state index < -0.39 is 0 Å². The van der Waals surface area contributed by atoms with Crippen molar-refractivity contribution in [1.29, 1.82) is 0 Å². The molecular formula is C12H20N4O. The van der Waals surface area contributed by atoms with Gasteiger partial charge in [-0.15, -0.1) is 0 Å². The second-order valence-electron chi connectivity index (χ2n) is 4.88. The number of nitrogen functional groups attached to an aromatic ring is 1. The molecule has 0 bridgehead atoms. The van der Waals surface area contributed by atoms with E-state index in [-0.39, 0.29) is 11.9 Å². The van der Waals surface area contributed by atoms with Crippen LogP contribution >= 0.6 is 0 Å². The van der Waals surface area contributed by atoms with Crippen LogP contribution in [0.2, 0.25) is 0 Å². The number of carbonyl (C=O) groups excluding carboxylic acids is 1. The van der Waals surface area contributed by atoms with Crippen molar-refractivity contribution in [3.05, 3.63) is 11.8 Å². The van der Waals surface area contributed by atoms with E-state index in [9.17, 15) is 4.79 Å². The normalized spacial score (nSPS) is 28.2. The van der Waals surface area contributed by atoms with Crippen LogP contribution < -0.4 is 11.1 Å². The second-order valence-corrected chi connectivity index (χ2v) is 4.88. The number of nitrogens with two attached hydrogens (primary N) is 1. The molecule has 5 heteroatoms. The standard InChI is InChI=1S/C12H20N4O/c1-3-8-4-5-10(7(8)2)15-12(17)9-6-14-16-11(9)13/h6-8,10H,3-5H2,1-2H3,(H,15,17)(H3,13,14,16). The summed E-state index contributed by atoms with van der Waals surface area (Å²) in [5.74, 6) is 1.48. The van der Waals surface area contributed by atoms with Gasteiger partial charge < -0.3 is 11.1 Å². The Morgan fingerprint density at radius 2 is 2.41 bits per heavy atom. The Morgan fingerprint density at radius 1 is 1.65 bits per heavy atom. The van der Waals surface area contributed by atoms with Gasteiger partial charge in [0.2, 0.25) is 0 Å². The predicted octanol–water partition coefficient (Wildman–Crippen LogP) is 1.55. The van der Waals surface area contributed by atoms with Crippen LogP contribution in [0.3, 0.4) is 0 Å². The maximum absolute atomic E-state index is 12.0. The molecule has 0 spiro atoms. The number of carbonyl (C=O) groups is 1. The zero-order valence-corrected chi connectivity index (χ0v) is 10.4. The lowest BCUT2D eigenvalue weighted by atomic mass is 9.93. The molecule has 1 aliphatic rings. The van der Waals surface area contributed by atoms with Gasteiger partial charge in [0.15, 0.2) is 0 Å². The molecule has 3 unspecified atom stereocenters. The fourth-order valence-corrected chi connectivity index (χ4v) is 2.75. The number of anilines is 1. The third-order valence-corrected chi connectivity index (χ3v) is 3.98. The number of nitrogens with zero attached hydrogens (tertiary/aromatic N) is 1. The zero-order chi connectivity index (χ0) is 12.4. The summed E-state index contributed by atoms with van der Waals surface area (Å²) in [7, 11) is 0. The summed E-state index contributed by atoms with van der Waals surface area (Å²) in [6, 6.07) is 0.266. The Labute approximate surface area is 101 Å². The van der Waals surface area contributed by atoms with Crippen molar-refractivity contribution in [3.8, 4) is 0 Å². The van der Waals surface area contributed by atoms with Gasteiger partial charge in [-0.2, -0.15) is 5.10 Å². The van der Waals surface area contributed by atoms with E-state index in [4.69, 9.17) is 5.73 Å². The van der Waals surface area contributed by atoms with Crippen molar-refractivity contribution >= 4 is 11.7 Å². The first-order valence-electron chi connectivity index (χ1n) is 6.23. The molecule has 0 aromatic carbocycles. The van der Waals surface area contributed by atoms with Crippen molar-refractivity contribution in [2.24, 2.45) is 11.8 Å². The first kappa shape index (κ1) is 12.0. The second kappa shape index (κ2) is 4.77. The minimum absolute atomic E-state index is 0.121. The number of aromatic nitrogens is 2. The molecule has 94 valence electrons. The Morgan fingerprint density at radius 3 is 2.94 bits per heavy atom. The average Bonchev–Trinajstić information content (AvgIpc) is 2.87. The minimum Gasteiger partial charge on any atom is -0.383 e. The Balaban J connectivity index is 1.99. The van der Waals surface area contributed by atoms with Gasteiger partial charge in [-0.1, -0.05) is 20.3 Å². The third-order valence-electron chi connectivity index (χ3n) is 3.98. The molecule has 1 fully saturated rings. The van der Waals surface area contributed by atoms with E-state index in [1.807, 2.05) is 0 Å². The Kier molecular flexibility index (Phi) is 3.36. The predicted molar refractivity (Wildman–Crippen MR) is 66.4 cm³/mol. The molecule has 5 nitrogen and oxygen atoms in total. The Hall–Kier alpha value is -1.52. The molecule has 1 aromatic heterocycles. The highest BCUT2D eigenvalue weighted by Gasteiger charge is 2.32. The van der Waals surface area contributed by atoms with E-state index in [0.717, 1.165) is 12.3 Å². The fourth-order valence-electron chi connectivity index (χ4n) is 2.75. The van der Waals surface area contributed by atoms with Gasteiger partial charge in [-0.05, 0) is 24.7 Å². The molecule has 0 radical (unpaired) electrons. The smallest absolute Gasteiger partial charge is 0.256 e. The van der Waals surface area contributed by atoms with Gasteiger partial charge in [0.1, 0.15) is 11.4 Å². The quantitative estimate of drug-likeness (QED) is 0.744. The lowest BCUT2D eigenvalue weighted by Crippen LogP contribution is -2.37. The topological polar surface area (TPSA) is 83.8 Å². The van der Waals surface area contributed by atoms with Gasteiger partial charge in [-0.3, -0.25) is 9.89 Å². The lowest BCUT2D eigenvalue weighted by molar-refractivity contribution is 0.0927. The number of amides is 1. The van der Waals surface area contributed by atoms with Crippen LogP contribution in [0.15, 0.2) is 6.20 Å². The number of nitrogens with one attached hydrogen (secondary N) is 2. The van der Waals surface area contributed by atoms with E-state index in [0.29, 0.717) is 17.3 Å². The average molecular weight is 236 g/mol. The SMILES string of the molecule is CCC1CCC(NC(=O)c2cn[nH]c2N)C1C. The summed E-state index contributed by atoms with van der Waals surface area (Å²) < 4.78 is 0. The molecular weight excluding hydrogens is 216 g/mol. The molecule has 1 amide bonds. The third kappa shape index (κ3) is 2.28. The van der Waals surface area contributed by atoms with Crippen LogP contribution in [0.25, 0.3) is 0 Å². The van der Waals surface area contributed by atoms with Crippen LogP contribution in [0.5, 0.6) is 0 Å². The van der Waals surface area contributed by atoms with Gasteiger partial charge >= 0.3 is 0 Å². The number of hydrogen-bond acceptors (Lipinski definition) is 3. The molecule has 0 aliphatic heterocycles. The van der Waals surface area contributed by atoms with Gasteiger partial charge in [0.25, 0.3) is 5.91 Å². The highest BCUT2D eigenvalue weighted by Crippen LogP contribution is 2.34. The monoisotopic (exact) mass is 236 g/mol. The maximum atomic E-state index is 12.0. The van der Waals surface area contributed by atoms with Crippen molar-refractivity contribution in [2.45, 2.75) is 39.2 Å². The zero-order valence-electron chi connectivity index (χ0n) is 10.4. The molecule has 1 aliphatic carbocycles. The first-order chi connectivity index (χ1) is 8.13. The highest BCUT2D eigenvalue weighted by molar-refractivity contribution is 5.98. The maximum Gasteiger partial charge on any atom is 0.256 e. The van der Waals surface area contributed by atoms with Crippen molar-refractivity contribution in [2.75, 3.05) is 5.73 Å². The molecule has 0 saturated heterocycles. The number of aromatic amines is 1. The Bertz CT molecular complexity index is 401. The molecule has 1 saturated carbocycles. The minimum atomic E-state index is -0.121. The number of rotatable bonds is 3. The van der Waals surface area contributed by atoms with Gasteiger partial charge in [-0.25, -0.2) is 0 Å². The van der Waals surface area contributed by atoms with Crippen LogP contribution in [0, 0.1) is 11.8 Å². The molecule has 4 N–H and O–H groups in total. The van der Waals surface area contributed by atoms with Crippen LogP contribution in [-0.4, -0.2) is 22.1 Å².